The van der Waals surface area contributed by atoms with Crippen molar-refractivity contribution < 1.29 is 13.9 Å². The van der Waals surface area contributed by atoms with Crippen molar-refractivity contribution in [2.45, 2.75) is 51.7 Å². The van der Waals surface area contributed by atoms with Gasteiger partial charge in [0, 0.05) is 17.0 Å². The van der Waals surface area contributed by atoms with E-state index in [1.807, 2.05) is 20.8 Å². The topological polar surface area (TPSA) is 77.2 Å². The fourth-order valence-electron chi connectivity index (χ4n) is 1.98. The van der Waals surface area contributed by atoms with Crippen LogP contribution in [0.4, 0.5) is 0 Å². The summed E-state index contributed by atoms with van der Waals surface area (Å²) in [4.78, 5) is 12.0. The molecular weight excluding hydrogens is 294 g/mol. The quantitative estimate of drug-likeness (QED) is 0.918. The Labute approximate surface area is 135 Å². The van der Waals surface area contributed by atoms with Crippen molar-refractivity contribution in [1.29, 1.82) is 0 Å². The summed E-state index contributed by atoms with van der Waals surface area (Å²) in [5.74, 6) is 1.53. The van der Waals surface area contributed by atoms with E-state index >= 15 is 0 Å². The summed E-state index contributed by atoms with van der Waals surface area (Å²) in [6, 6.07) is 7.43. The van der Waals surface area contributed by atoms with E-state index in [4.69, 9.17) is 9.15 Å². The molecule has 1 aliphatic rings. The minimum absolute atomic E-state index is 0.0641. The van der Waals surface area contributed by atoms with E-state index in [9.17, 15) is 4.79 Å². The molecule has 1 aromatic carbocycles. The van der Waals surface area contributed by atoms with Crippen LogP contribution in [-0.4, -0.2) is 22.1 Å². The number of nitrogens with zero attached hydrogens (tertiary/aromatic N) is 2. The average Bonchev–Trinajstić information content (AvgIpc) is 3.17. The average molecular weight is 315 g/mol. The number of rotatable bonds is 5. The number of carbonyl (C=O) groups is 1. The van der Waals surface area contributed by atoms with Gasteiger partial charge in [0.1, 0.15) is 5.75 Å². The van der Waals surface area contributed by atoms with Crippen molar-refractivity contribution >= 4 is 5.91 Å². The Hall–Kier alpha value is -2.37. The van der Waals surface area contributed by atoms with Crippen molar-refractivity contribution in [3.8, 4) is 5.75 Å². The molecule has 1 amide bonds. The van der Waals surface area contributed by atoms with Crippen LogP contribution < -0.4 is 10.1 Å². The summed E-state index contributed by atoms with van der Waals surface area (Å²) < 4.78 is 11.2. The minimum Gasteiger partial charge on any atom is -0.484 e. The zero-order valence-corrected chi connectivity index (χ0v) is 13.6. The van der Waals surface area contributed by atoms with Gasteiger partial charge in [0.05, 0.1) is 0 Å². The third kappa shape index (κ3) is 4.09. The molecule has 1 N–H and O–H groups in total. The highest BCUT2D eigenvalue weighted by Gasteiger charge is 2.24. The van der Waals surface area contributed by atoms with Gasteiger partial charge in [-0.3, -0.25) is 4.79 Å². The normalized spacial score (nSPS) is 14.6. The summed E-state index contributed by atoms with van der Waals surface area (Å²) in [7, 11) is 0. The highest BCUT2D eigenvalue weighted by atomic mass is 16.5. The third-order valence-electron chi connectivity index (χ3n) is 3.48. The highest BCUT2D eigenvalue weighted by molar-refractivity contribution is 5.94. The first kappa shape index (κ1) is 15.5. The molecule has 0 atom stereocenters. The number of nitrogens with one attached hydrogen (secondary N) is 1. The van der Waals surface area contributed by atoms with E-state index in [-0.39, 0.29) is 17.9 Å². The first-order valence-corrected chi connectivity index (χ1v) is 7.78. The number of hydrogen-bond acceptors (Lipinski definition) is 5. The van der Waals surface area contributed by atoms with E-state index in [1.165, 1.54) is 0 Å². The van der Waals surface area contributed by atoms with Crippen LogP contribution in [0.3, 0.4) is 0 Å². The molecule has 3 rings (SSSR count). The van der Waals surface area contributed by atoms with Crippen LogP contribution in [0.2, 0.25) is 0 Å². The summed E-state index contributed by atoms with van der Waals surface area (Å²) in [6.07, 6.45) is 2.13. The van der Waals surface area contributed by atoms with Gasteiger partial charge in [-0.1, -0.05) is 26.8 Å². The molecule has 1 aromatic heterocycles. The Balaban J connectivity index is 1.61. The summed E-state index contributed by atoms with van der Waals surface area (Å²) in [5.41, 5.74) is 0.404. The molecule has 0 saturated heterocycles. The van der Waals surface area contributed by atoms with Crippen molar-refractivity contribution in [2.75, 3.05) is 0 Å². The second kappa shape index (κ2) is 6.02. The maximum atomic E-state index is 12.0. The van der Waals surface area contributed by atoms with Crippen molar-refractivity contribution in [3.05, 3.63) is 41.6 Å². The standard InChI is InChI=1S/C17H21N3O3/c1-17(2,3)16-20-19-14(23-16)10-22-13-6-4-5-11(9-13)15(21)18-12-7-8-12/h4-6,9,12H,7-8,10H2,1-3H3,(H,18,21). The molecule has 0 radical (unpaired) electrons. The highest BCUT2D eigenvalue weighted by Crippen LogP contribution is 2.22. The molecule has 23 heavy (non-hydrogen) atoms. The first-order valence-electron chi connectivity index (χ1n) is 7.78. The molecule has 0 spiro atoms. The molecule has 1 aliphatic carbocycles. The van der Waals surface area contributed by atoms with Gasteiger partial charge in [-0.25, -0.2) is 0 Å². The first-order chi connectivity index (χ1) is 10.9. The van der Waals surface area contributed by atoms with Gasteiger partial charge in [0.2, 0.25) is 5.89 Å². The van der Waals surface area contributed by atoms with E-state index in [0.29, 0.717) is 29.1 Å². The SMILES string of the molecule is CC(C)(C)c1nnc(COc2cccc(C(=O)NC3CC3)c2)o1. The maximum Gasteiger partial charge on any atom is 0.253 e. The Morgan fingerprint density at radius 1 is 1.35 bits per heavy atom. The van der Waals surface area contributed by atoms with Crippen LogP contribution in [-0.2, 0) is 12.0 Å². The molecule has 6 nitrogen and oxygen atoms in total. The Morgan fingerprint density at radius 3 is 2.78 bits per heavy atom. The largest absolute Gasteiger partial charge is 0.484 e. The molecule has 1 fully saturated rings. The number of ether oxygens (including phenoxy) is 1. The third-order valence-corrected chi connectivity index (χ3v) is 3.48. The van der Waals surface area contributed by atoms with Gasteiger partial charge < -0.3 is 14.5 Å². The Bertz CT molecular complexity index is 699. The maximum absolute atomic E-state index is 12.0. The summed E-state index contributed by atoms with van der Waals surface area (Å²) in [6.45, 7) is 6.20. The molecule has 1 saturated carbocycles. The van der Waals surface area contributed by atoms with E-state index in [1.54, 1.807) is 24.3 Å². The lowest BCUT2D eigenvalue weighted by molar-refractivity contribution is 0.0950. The molecule has 6 heteroatoms. The zero-order valence-electron chi connectivity index (χ0n) is 13.6. The van der Waals surface area contributed by atoms with Crippen molar-refractivity contribution in [2.24, 2.45) is 0 Å². The van der Waals surface area contributed by atoms with Crippen LogP contribution in [0.25, 0.3) is 0 Å². The molecule has 1 heterocycles. The van der Waals surface area contributed by atoms with Crippen LogP contribution in [0, 0.1) is 0 Å². The monoisotopic (exact) mass is 315 g/mol. The predicted octanol–water partition coefficient (Wildman–Crippen LogP) is 2.84. The second-order valence-corrected chi connectivity index (χ2v) is 6.82. The lowest BCUT2D eigenvalue weighted by atomic mass is 9.97. The molecule has 2 aromatic rings. The molecule has 0 unspecified atom stereocenters. The molecule has 0 aliphatic heterocycles. The molecule has 0 bridgehead atoms. The Kier molecular flexibility index (Phi) is 4.07. The van der Waals surface area contributed by atoms with E-state index in [2.05, 4.69) is 15.5 Å². The van der Waals surface area contributed by atoms with Gasteiger partial charge >= 0.3 is 0 Å². The fourth-order valence-corrected chi connectivity index (χ4v) is 1.98. The number of amides is 1. The van der Waals surface area contributed by atoms with Crippen LogP contribution >= 0.6 is 0 Å². The molecular formula is C17H21N3O3. The molecule has 122 valence electrons. The Morgan fingerprint density at radius 2 is 2.13 bits per heavy atom. The van der Waals surface area contributed by atoms with Gasteiger partial charge in [-0.15, -0.1) is 10.2 Å². The predicted molar refractivity (Wildman–Crippen MR) is 84.3 cm³/mol. The van der Waals surface area contributed by atoms with E-state index in [0.717, 1.165) is 12.8 Å². The van der Waals surface area contributed by atoms with Crippen molar-refractivity contribution in [1.82, 2.24) is 15.5 Å². The number of benzene rings is 1. The van der Waals surface area contributed by atoms with Crippen molar-refractivity contribution in [3.63, 3.8) is 0 Å². The van der Waals surface area contributed by atoms with Crippen LogP contribution in [0.15, 0.2) is 28.7 Å². The lowest BCUT2D eigenvalue weighted by Gasteiger charge is -2.11. The summed E-state index contributed by atoms with van der Waals surface area (Å²) >= 11 is 0. The van der Waals surface area contributed by atoms with Gasteiger partial charge in [-0.05, 0) is 31.0 Å². The second-order valence-electron chi connectivity index (χ2n) is 6.82. The van der Waals surface area contributed by atoms with Gasteiger partial charge in [0.25, 0.3) is 11.8 Å². The van der Waals surface area contributed by atoms with Gasteiger partial charge in [-0.2, -0.15) is 0 Å². The number of carbonyl (C=O) groups excluding carboxylic acids is 1. The zero-order chi connectivity index (χ0) is 16.4. The van der Waals surface area contributed by atoms with E-state index < -0.39 is 0 Å². The minimum atomic E-state index is -0.188. The van der Waals surface area contributed by atoms with Gasteiger partial charge in [0.15, 0.2) is 6.61 Å². The summed E-state index contributed by atoms with van der Waals surface area (Å²) in [5, 5.41) is 11.0. The van der Waals surface area contributed by atoms with Crippen LogP contribution in [0.5, 0.6) is 5.75 Å². The smallest absolute Gasteiger partial charge is 0.253 e. The lowest BCUT2D eigenvalue weighted by Crippen LogP contribution is -2.25. The number of hydrogen-bond donors (Lipinski definition) is 1. The number of aromatic nitrogens is 2. The van der Waals surface area contributed by atoms with Crippen LogP contribution in [0.1, 0.15) is 55.8 Å². The fraction of sp³-hybridized carbons (Fsp3) is 0.471.